The molecule has 5 rings (SSSR count). The van der Waals surface area contributed by atoms with E-state index in [1.54, 1.807) is 0 Å². The molecule has 0 spiro atoms. The third kappa shape index (κ3) is 3.26. The second kappa shape index (κ2) is 7.54. The van der Waals surface area contributed by atoms with Gasteiger partial charge in [0.05, 0.1) is 24.6 Å². The van der Waals surface area contributed by atoms with E-state index >= 15 is 0 Å². The van der Waals surface area contributed by atoms with Gasteiger partial charge in [-0.15, -0.1) is 0 Å². The van der Waals surface area contributed by atoms with Crippen LogP contribution in [0.3, 0.4) is 0 Å². The molecule has 29 heavy (non-hydrogen) atoms. The van der Waals surface area contributed by atoms with Crippen LogP contribution in [0.4, 0.5) is 5.82 Å². The SMILES string of the molecule is CC(c1cc2ccccn2c1CN1CCOCC1)n1nc(I)c2c(N)ncnc21. The highest BCUT2D eigenvalue weighted by Crippen LogP contribution is 2.31. The summed E-state index contributed by atoms with van der Waals surface area (Å²) in [5.41, 5.74) is 10.5. The van der Waals surface area contributed by atoms with Crippen LogP contribution in [0, 0.1) is 3.70 Å². The lowest BCUT2D eigenvalue weighted by Crippen LogP contribution is -2.36. The molecular weight excluding hydrogens is 481 g/mol. The van der Waals surface area contributed by atoms with Crippen LogP contribution in [0.25, 0.3) is 16.6 Å². The van der Waals surface area contributed by atoms with Crippen molar-refractivity contribution in [1.82, 2.24) is 29.0 Å². The Kier molecular flexibility index (Phi) is 4.88. The van der Waals surface area contributed by atoms with Gasteiger partial charge < -0.3 is 14.9 Å². The number of hydrogen-bond acceptors (Lipinski definition) is 6. The van der Waals surface area contributed by atoms with Gasteiger partial charge >= 0.3 is 0 Å². The van der Waals surface area contributed by atoms with E-state index in [1.807, 2.05) is 4.68 Å². The highest BCUT2D eigenvalue weighted by molar-refractivity contribution is 14.1. The van der Waals surface area contributed by atoms with Crippen molar-refractivity contribution in [2.24, 2.45) is 0 Å². The van der Waals surface area contributed by atoms with Crippen LogP contribution < -0.4 is 5.73 Å². The molecule has 150 valence electrons. The van der Waals surface area contributed by atoms with Crippen LogP contribution in [-0.4, -0.2) is 55.4 Å². The summed E-state index contributed by atoms with van der Waals surface area (Å²) in [5, 5.41) is 5.58. The lowest BCUT2D eigenvalue weighted by atomic mass is 10.1. The molecule has 5 heterocycles. The highest BCUT2D eigenvalue weighted by Gasteiger charge is 2.24. The van der Waals surface area contributed by atoms with E-state index < -0.39 is 0 Å². The van der Waals surface area contributed by atoms with Gasteiger partial charge in [0.25, 0.3) is 0 Å². The maximum atomic E-state index is 6.09. The van der Waals surface area contributed by atoms with Crippen molar-refractivity contribution < 1.29 is 4.74 Å². The van der Waals surface area contributed by atoms with Crippen LogP contribution in [-0.2, 0) is 11.3 Å². The van der Waals surface area contributed by atoms with Crippen molar-refractivity contribution in [2.45, 2.75) is 19.5 Å². The maximum absolute atomic E-state index is 6.09. The number of morpholine rings is 1. The van der Waals surface area contributed by atoms with Crippen LogP contribution in [0.1, 0.15) is 24.2 Å². The smallest absolute Gasteiger partial charge is 0.165 e. The van der Waals surface area contributed by atoms with Crippen LogP contribution in [0.2, 0.25) is 0 Å². The maximum Gasteiger partial charge on any atom is 0.165 e. The number of nitrogens with two attached hydrogens (primary N) is 1. The molecular formula is C20H22IN7O. The first kappa shape index (κ1) is 18.8. The molecule has 4 aromatic heterocycles. The zero-order chi connectivity index (χ0) is 20.0. The third-order valence-electron chi connectivity index (χ3n) is 5.59. The molecule has 0 aliphatic carbocycles. The topological polar surface area (TPSA) is 86.5 Å². The predicted molar refractivity (Wildman–Crippen MR) is 120 cm³/mol. The van der Waals surface area contributed by atoms with Gasteiger partial charge in [-0.05, 0) is 53.3 Å². The average Bonchev–Trinajstić information content (AvgIpc) is 3.27. The summed E-state index contributed by atoms with van der Waals surface area (Å²) in [5.74, 6) is 0.466. The van der Waals surface area contributed by atoms with Gasteiger partial charge in [-0.2, -0.15) is 5.10 Å². The van der Waals surface area contributed by atoms with E-state index in [4.69, 9.17) is 15.6 Å². The average molecular weight is 503 g/mol. The number of fused-ring (bicyclic) bond motifs is 2. The Balaban J connectivity index is 1.63. The quantitative estimate of drug-likeness (QED) is 0.431. The summed E-state index contributed by atoms with van der Waals surface area (Å²) in [6.07, 6.45) is 3.63. The molecule has 1 saturated heterocycles. The molecule has 1 unspecified atom stereocenters. The summed E-state index contributed by atoms with van der Waals surface area (Å²) >= 11 is 2.21. The predicted octanol–water partition coefficient (Wildman–Crippen LogP) is 2.71. The number of aromatic nitrogens is 5. The van der Waals surface area contributed by atoms with E-state index in [2.05, 4.69) is 79.2 Å². The summed E-state index contributed by atoms with van der Waals surface area (Å²) < 4.78 is 10.6. The number of pyridine rings is 1. The first-order chi connectivity index (χ1) is 14.1. The fourth-order valence-electron chi connectivity index (χ4n) is 4.06. The molecule has 0 radical (unpaired) electrons. The Morgan fingerprint density at radius 1 is 1.24 bits per heavy atom. The number of nitrogen functional groups attached to an aromatic ring is 1. The van der Waals surface area contributed by atoms with Crippen molar-refractivity contribution in [3.05, 3.63) is 51.7 Å². The van der Waals surface area contributed by atoms with E-state index in [9.17, 15) is 0 Å². The second-order valence-corrected chi connectivity index (χ2v) is 8.32. The summed E-state index contributed by atoms with van der Waals surface area (Å²) in [6, 6.07) is 8.55. The molecule has 1 aliphatic rings. The Morgan fingerprint density at radius 3 is 2.90 bits per heavy atom. The number of halogens is 1. The van der Waals surface area contributed by atoms with Crippen molar-refractivity contribution in [2.75, 3.05) is 32.0 Å². The molecule has 0 amide bonds. The minimum absolute atomic E-state index is 0.00579. The summed E-state index contributed by atoms with van der Waals surface area (Å²) in [4.78, 5) is 11.1. The van der Waals surface area contributed by atoms with Gasteiger partial charge in [-0.1, -0.05) is 6.07 Å². The van der Waals surface area contributed by atoms with Crippen molar-refractivity contribution in [3.8, 4) is 0 Å². The molecule has 0 bridgehead atoms. The molecule has 1 aliphatic heterocycles. The molecule has 2 N–H and O–H groups in total. The zero-order valence-corrected chi connectivity index (χ0v) is 18.3. The van der Waals surface area contributed by atoms with E-state index in [-0.39, 0.29) is 6.04 Å². The fraction of sp³-hybridized carbons (Fsp3) is 0.350. The molecule has 4 aromatic rings. The largest absolute Gasteiger partial charge is 0.383 e. The number of hydrogen-bond donors (Lipinski definition) is 1. The Bertz CT molecular complexity index is 1180. The molecule has 0 saturated carbocycles. The monoisotopic (exact) mass is 503 g/mol. The number of anilines is 1. The minimum atomic E-state index is 0.00579. The molecule has 0 aromatic carbocycles. The number of ether oxygens (including phenoxy) is 1. The van der Waals surface area contributed by atoms with Gasteiger partial charge in [0.2, 0.25) is 0 Å². The van der Waals surface area contributed by atoms with Gasteiger partial charge in [0, 0.05) is 37.0 Å². The Morgan fingerprint density at radius 2 is 2.07 bits per heavy atom. The van der Waals surface area contributed by atoms with Gasteiger partial charge in [0.15, 0.2) is 5.65 Å². The third-order valence-corrected chi connectivity index (χ3v) is 6.34. The Hall–Kier alpha value is -2.24. The summed E-state index contributed by atoms with van der Waals surface area (Å²) in [7, 11) is 0. The van der Waals surface area contributed by atoms with E-state index in [1.165, 1.54) is 23.1 Å². The van der Waals surface area contributed by atoms with Crippen LogP contribution in [0.15, 0.2) is 36.8 Å². The fourth-order valence-corrected chi connectivity index (χ4v) is 4.81. The van der Waals surface area contributed by atoms with Crippen molar-refractivity contribution in [3.63, 3.8) is 0 Å². The molecule has 9 heteroatoms. The molecule has 1 atom stereocenters. The first-order valence-electron chi connectivity index (χ1n) is 9.66. The van der Waals surface area contributed by atoms with Gasteiger partial charge in [0.1, 0.15) is 15.8 Å². The molecule has 8 nitrogen and oxygen atoms in total. The van der Waals surface area contributed by atoms with Crippen molar-refractivity contribution >= 4 is 45.0 Å². The van der Waals surface area contributed by atoms with Crippen LogP contribution >= 0.6 is 22.6 Å². The number of rotatable bonds is 4. The van der Waals surface area contributed by atoms with Gasteiger partial charge in [-0.3, -0.25) is 4.90 Å². The van der Waals surface area contributed by atoms with E-state index in [0.29, 0.717) is 5.82 Å². The van der Waals surface area contributed by atoms with Gasteiger partial charge in [-0.25, -0.2) is 14.6 Å². The lowest BCUT2D eigenvalue weighted by molar-refractivity contribution is 0.0334. The Labute approximate surface area is 181 Å². The normalized spacial score (nSPS) is 16.6. The highest BCUT2D eigenvalue weighted by atomic mass is 127. The number of nitrogens with zero attached hydrogens (tertiary/aromatic N) is 6. The molecule has 1 fully saturated rings. The van der Waals surface area contributed by atoms with E-state index in [0.717, 1.165) is 47.6 Å². The minimum Gasteiger partial charge on any atom is -0.383 e. The standard InChI is InChI=1S/C20H22IN7O/c1-13(28-20-17(18(21)25-28)19(22)23-12-24-20)15-10-14-4-2-3-5-27(14)16(15)11-26-6-8-29-9-7-26/h2-5,10,12-13H,6-9,11H2,1H3,(H2,22,23,24). The first-order valence-corrected chi connectivity index (χ1v) is 10.7. The van der Waals surface area contributed by atoms with Crippen molar-refractivity contribution in [1.29, 1.82) is 0 Å². The summed E-state index contributed by atoms with van der Waals surface area (Å²) in [6.45, 7) is 6.49. The van der Waals surface area contributed by atoms with Crippen LogP contribution in [0.5, 0.6) is 0 Å². The lowest BCUT2D eigenvalue weighted by Gasteiger charge is -2.27. The second-order valence-electron chi connectivity index (χ2n) is 7.30. The zero-order valence-electron chi connectivity index (χ0n) is 16.1.